The molecule has 0 radical (unpaired) electrons. The molecule has 6 nitrogen and oxygen atoms in total. The van der Waals surface area contributed by atoms with Gasteiger partial charge in [0.2, 0.25) is 0 Å². The first-order chi connectivity index (χ1) is 7.72. The second-order valence-corrected chi connectivity index (χ2v) is 3.69. The molecule has 1 aromatic rings. The smallest absolute Gasteiger partial charge is 0.152 e. The molecule has 1 saturated heterocycles. The van der Waals surface area contributed by atoms with Crippen LogP contribution in [-0.2, 0) is 4.74 Å². The molecule has 2 rings (SSSR count). The minimum absolute atomic E-state index is 0.233. The molecule has 1 aliphatic heterocycles. The molecule has 0 unspecified atom stereocenters. The van der Waals surface area contributed by atoms with Crippen molar-refractivity contribution in [2.75, 3.05) is 36.9 Å². The van der Waals surface area contributed by atoms with Gasteiger partial charge in [-0.3, -0.25) is 0 Å². The first kappa shape index (κ1) is 10.8. The lowest BCUT2D eigenvalue weighted by Crippen LogP contribution is -2.36. The van der Waals surface area contributed by atoms with Crippen LogP contribution in [-0.4, -0.2) is 31.3 Å². The molecule has 0 atom stereocenters. The Kier molecular flexibility index (Phi) is 3.00. The van der Waals surface area contributed by atoms with E-state index in [1.165, 1.54) is 0 Å². The molecular weight excluding hydrogens is 208 g/mol. The Morgan fingerprint density at radius 1 is 1.50 bits per heavy atom. The second kappa shape index (κ2) is 4.44. The Bertz CT molecular complexity index is 379. The van der Waals surface area contributed by atoms with Crippen molar-refractivity contribution in [1.82, 2.24) is 4.98 Å². The van der Waals surface area contributed by atoms with Gasteiger partial charge in [-0.2, -0.15) is 0 Å². The maximum atomic E-state index is 10.5. The van der Waals surface area contributed by atoms with E-state index in [2.05, 4.69) is 15.1 Å². The minimum Gasteiger partial charge on any atom is -0.397 e. The van der Waals surface area contributed by atoms with E-state index in [1.54, 1.807) is 13.0 Å². The van der Waals surface area contributed by atoms with Gasteiger partial charge in [-0.1, -0.05) is 0 Å². The van der Waals surface area contributed by atoms with Crippen molar-refractivity contribution in [1.29, 1.82) is 0 Å². The van der Waals surface area contributed by atoms with E-state index in [9.17, 15) is 4.91 Å². The highest BCUT2D eigenvalue weighted by Gasteiger charge is 2.15. The summed E-state index contributed by atoms with van der Waals surface area (Å²) in [6.07, 6.45) is 0. The van der Waals surface area contributed by atoms with Crippen LogP contribution in [0.15, 0.2) is 11.2 Å². The lowest BCUT2D eigenvalue weighted by molar-refractivity contribution is 0.122. The predicted molar refractivity (Wildman–Crippen MR) is 61.9 cm³/mol. The van der Waals surface area contributed by atoms with Crippen LogP contribution in [0, 0.1) is 11.8 Å². The van der Waals surface area contributed by atoms with Crippen LogP contribution >= 0.6 is 0 Å². The van der Waals surface area contributed by atoms with Crippen LogP contribution in [0.5, 0.6) is 0 Å². The fourth-order valence-electron chi connectivity index (χ4n) is 1.75. The van der Waals surface area contributed by atoms with Gasteiger partial charge in [0.25, 0.3) is 0 Å². The number of morpholine rings is 1. The number of nitrogen functional groups attached to an aromatic ring is 1. The largest absolute Gasteiger partial charge is 0.397 e. The average molecular weight is 222 g/mol. The number of anilines is 2. The number of pyridine rings is 1. The molecule has 1 fully saturated rings. The topological polar surface area (TPSA) is 80.8 Å². The molecule has 0 bridgehead atoms. The van der Waals surface area contributed by atoms with Gasteiger partial charge >= 0.3 is 0 Å². The van der Waals surface area contributed by atoms with Gasteiger partial charge < -0.3 is 15.4 Å². The number of ether oxygens (including phenoxy) is 1. The zero-order chi connectivity index (χ0) is 11.5. The van der Waals surface area contributed by atoms with Crippen molar-refractivity contribution in [3.05, 3.63) is 16.7 Å². The summed E-state index contributed by atoms with van der Waals surface area (Å²) >= 11 is 0. The lowest BCUT2D eigenvalue weighted by atomic mass is 10.2. The number of nitroso groups, excluding NO2 is 1. The SMILES string of the molecule is Cc1nc(N2CCOCC2)cc(N)c1N=O. The van der Waals surface area contributed by atoms with E-state index < -0.39 is 0 Å². The monoisotopic (exact) mass is 222 g/mol. The molecule has 1 aliphatic rings. The molecule has 16 heavy (non-hydrogen) atoms. The minimum atomic E-state index is 0.233. The summed E-state index contributed by atoms with van der Waals surface area (Å²) in [5.74, 6) is 0.783. The lowest BCUT2D eigenvalue weighted by Gasteiger charge is -2.28. The molecule has 0 amide bonds. The zero-order valence-corrected chi connectivity index (χ0v) is 9.14. The summed E-state index contributed by atoms with van der Waals surface area (Å²) in [7, 11) is 0. The Morgan fingerprint density at radius 2 is 2.19 bits per heavy atom. The van der Waals surface area contributed by atoms with Crippen molar-refractivity contribution in [3.8, 4) is 0 Å². The number of aryl methyl sites for hydroxylation is 1. The summed E-state index contributed by atoms with van der Waals surface area (Å²) in [6.45, 7) is 4.69. The standard InChI is InChI=1S/C10H14N4O2/c1-7-10(13-15)8(11)6-9(12-7)14-2-4-16-5-3-14/h6H,2-5H2,1H3,(H2,11,12). The molecule has 86 valence electrons. The highest BCUT2D eigenvalue weighted by Crippen LogP contribution is 2.28. The van der Waals surface area contributed by atoms with Gasteiger partial charge in [0, 0.05) is 19.2 Å². The Morgan fingerprint density at radius 3 is 2.75 bits per heavy atom. The molecular formula is C10H14N4O2. The third-order valence-corrected chi connectivity index (χ3v) is 2.61. The summed E-state index contributed by atoms with van der Waals surface area (Å²) < 4.78 is 5.26. The van der Waals surface area contributed by atoms with Gasteiger partial charge in [-0.25, -0.2) is 4.98 Å². The summed E-state index contributed by atoms with van der Waals surface area (Å²) in [5, 5.41) is 2.88. The molecule has 0 saturated carbocycles. The summed E-state index contributed by atoms with van der Waals surface area (Å²) in [5.41, 5.74) is 6.93. The Labute approximate surface area is 93.4 Å². The van der Waals surface area contributed by atoms with Crippen molar-refractivity contribution < 1.29 is 4.74 Å². The third kappa shape index (κ3) is 1.96. The molecule has 1 aromatic heterocycles. The molecule has 6 heteroatoms. The highest BCUT2D eigenvalue weighted by atomic mass is 16.5. The van der Waals surface area contributed by atoms with Gasteiger partial charge in [0.15, 0.2) is 5.69 Å². The summed E-state index contributed by atoms with van der Waals surface area (Å²) in [4.78, 5) is 16.9. The van der Waals surface area contributed by atoms with E-state index in [4.69, 9.17) is 10.5 Å². The van der Waals surface area contributed by atoms with E-state index in [-0.39, 0.29) is 5.69 Å². The van der Waals surface area contributed by atoms with E-state index in [0.29, 0.717) is 24.6 Å². The van der Waals surface area contributed by atoms with Crippen LogP contribution in [0.25, 0.3) is 0 Å². The number of nitrogens with zero attached hydrogens (tertiary/aromatic N) is 3. The summed E-state index contributed by atoms with van der Waals surface area (Å²) in [6, 6.07) is 1.69. The number of nitrogens with two attached hydrogens (primary N) is 1. The van der Waals surface area contributed by atoms with Crippen LogP contribution in [0.2, 0.25) is 0 Å². The molecule has 0 aliphatic carbocycles. The quantitative estimate of drug-likeness (QED) is 0.760. The highest BCUT2D eigenvalue weighted by molar-refractivity contribution is 5.69. The maximum Gasteiger partial charge on any atom is 0.152 e. The second-order valence-electron chi connectivity index (χ2n) is 3.69. The first-order valence-electron chi connectivity index (χ1n) is 5.15. The number of aromatic nitrogens is 1. The Balaban J connectivity index is 2.31. The van der Waals surface area contributed by atoms with Crippen molar-refractivity contribution in [2.24, 2.45) is 5.18 Å². The maximum absolute atomic E-state index is 10.5. The van der Waals surface area contributed by atoms with Crippen molar-refractivity contribution in [2.45, 2.75) is 6.92 Å². The van der Waals surface area contributed by atoms with Crippen LogP contribution < -0.4 is 10.6 Å². The van der Waals surface area contributed by atoms with Gasteiger partial charge in [0.05, 0.1) is 24.6 Å². The van der Waals surface area contributed by atoms with Crippen LogP contribution in [0.4, 0.5) is 17.2 Å². The predicted octanol–water partition coefficient (Wildman–Crippen LogP) is 1.21. The van der Waals surface area contributed by atoms with Crippen LogP contribution in [0.1, 0.15) is 5.69 Å². The van der Waals surface area contributed by atoms with Gasteiger partial charge in [-0.05, 0) is 12.1 Å². The third-order valence-electron chi connectivity index (χ3n) is 2.61. The number of hydrogen-bond acceptors (Lipinski definition) is 6. The van der Waals surface area contributed by atoms with Crippen molar-refractivity contribution in [3.63, 3.8) is 0 Å². The zero-order valence-electron chi connectivity index (χ0n) is 9.14. The van der Waals surface area contributed by atoms with Crippen molar-refractivity contribution >= 4 is 17.2 Å². The average Bonchev–Trinajstić information content (AvgIpc) is 2.30. The molecule has 0 aromatic carbocycles. The van der Waals surface area contributed by atoms with E-state index in [0.717, 1.165) is 18.9 Å². The number of hydrogen-bond donors (Lipinski definition) is 1. The fraction of sp³-hybridized carbons (Fsp3) is 0.500. The molecule has 2 N–H and O–H groups in total. The van der Waals surface area contributed by atoms with E-state index >= 15 is 0 Å². The fourth-order valence-corrected chi connectivity index (χ4v) is 1.75. The van der Waals surface area contributed by atoms with E-state index in [1.807, 2.05) is 0 Å². The Hall–Kier alpha value is -1.69. The van der Waals surface area contributed by atoms with Gasteiger partial charge in [-0.15, -0.1) is 4.91 Å². The first-order valence-corrected chi connectivity index (χ1v) is 5.15. The van der Waals surface area contributed by atoms with Crippen LogP contribution in [0.3, 0.4) is 0 Å². The normalized spacial score (nSPS) is 16.2. The molecule has 2 heterocycles. The molecule has 0 spiro atoms. The number of rotatable bonds is 2. The van der Waals surface area contributed by atoms with Gasteiger partial charge in [0.1, 0.15) is 5.82 Å².